The maximum absolute atomic E-state index is 4.56. The minimum absolute atomic E-state index is 0.544. The highest BCUT2D eigenvalue weighted by atomic mass is 15.2. The molecule has 0 saturated carbocycles. The first-order chi connectivity index (χ1) is 9.22. The second-order valence-corrected chi connectivity index (χ2v) is 5.86. The van der Waals surface area contributed by atoms with Crippen molar-refractivity contribution in [2.45, 2.75) is 46.1 Å². The van der Waals surface area contributed by atoms with Crippen LogP contribution in [0.1, 0.15) is 51.6 Å². The Labute approximate surface area is 117 Å². The molecule has 0 aliphatic carbocycles. The summed E-state index contributed by atoms with van der Waals surface area (Å²) >= 11 is 0. The lowest BCUT2D eigenvalue weighted by Crippen LogP contribution is -2.33. The van der Waals surface area contributed by atoms with Crippen LogP contribution in [-0.4, -0.2) is 29.5 Å². The Hall–Kier alpha value is -1.09. The van der Waals surface area contributed by atoms with E-state index in [-0.39, 0.29) is 0 Å². The first-order valence-corrected chi connectivity index (χ1v) is 7.65. The Morgan fingerprint density at radius 2 is 2.26 bits per heavy atom. The highest BCUT2D eigenvalue weighted by Crippen LogP contribution is 2.33. The lowest BCUT2D eigenvalue weighted by Gasteiger charge is -2.35. The van der Waals surface area contributed by atoms with E-state index < -0.39 is 0 Å². The first kappa shape index (κ1) is 14.3. The summed E-state index contributed by atoms with van der Waals surface area (Å²) in [4.78, 5) is 7.14. The van der Waals surface area contributed by atoms with E-state index in [0.29, 0.717) is 12.0 Å². The number of nitrogens with zero attached hydrogens (tertiary/aromatic N) is 2. The van der Waals surface area contributed by atoms with Gasteiger partial charge in [-0.05, 0) is 37.9 Å². The quantitative estimate of drug-likeness (QED) is 0.876. The van der Waals surface area contributed by atoms with Crippen molar-refractivity contribution in [3.05, 3.63) is 23.9 Å². The van der Waals surface area contributed by atoms with E-state index in [1.165, 1.54) is 31.4 Å². The molecule has 0 spiro atoms. The number of rotatable bonds is 5. The molecule has 1 aliphatic heterocycles. The van der Waals surface area contributed by atoms with Gasteiger partial charge >= 0.3 is 0 Å². The third-order valence-electron chi connectivity index (χ3n) is 3.90. The normalized spacial score (nSPS) is 20.7. The van der Waals surface area contributed by atoms with Gasteiger partial charge in [0.2, 0.25) is 0 Å². The molecule has 1 aromatic rings. The number of anilines is 1. The molecule has 1 N–H and O–H groups in total. The molecule has 1 unspecified atom stereocenters. The van der Waals surface area contributed by atoms with Crippen LogP contribution in [0.4, 0.5) is 5.82 Å². The summed E-state index contributed by atoms with van der Waals surface area (Å²) in [7, 11) is 0. The van der Waals surface area contributed by atoms with Crippen LogP contribution in [0.5, 0.6) is 0 Å². The van der Waals surface area contributed by atoms with Gasteiger partial charge in [-0.25, -0.2) is 4.98 Å². The van der Waals surface area contributed by atoms with Crippen molar-refractivity contribution in [3.8, 4) is 0 Å². The fraction of sp³-hybridized carbons (Fsp3) is 0.688. The van der Waals surface area contributed by atoms with E-state index in [2.05, 4.69) is 48.1 Å². The van der Waals surface area contributed by atoms with E-state index >= 15 is 0 Å². The van der Waals surface area contributed by atoms with Crippen molar-refractivity contribution in [1.82, 2.24) is 9.88 Å². The van der Waals surface area contributed by atoms with Crippen LogP contribution in [0.15, 0.2) is 18.3 Å². The van der Waals surface area contributed by atoms with Gasteiger partial charge in [0.15, 0.2) is 0 Å². The van der Waals surface area contributed by atoms with Gasteiger partial charge in [-0.1, -0.05) is 33.3 Å². The Morgan fingerprint density at radius 3 is 3.00 bits per heavy atom. The number of hydrogen-bond donors (Lipinski definition) is 1. The third-order valence-corrected chi connectivity index (χ3v) is 3.90. The van der Waals surface area contributed by atoms with Crippen LogP contribution < -0.4 is 5.32 Å². The number of hydrogen-bond acceptors (Lipinski definition) is 3. The summed E-state index contributed by atoms with van der Waals surface area (Å²) in [6, 6.07) is 4.86. The van der Waals surface area contributed by atoms with Gasteiger partial charge in [0.05, 0.1) is 0 Å². The maximum atomic E-state index is 4.56. The van der Waals surface area contributed by atoms with Crippen molar-refractivity contribution in [2.24, 2.45) is 5.92 Å². The van der Waals surface area contributed by atoms with Crippen molar-refractivity contribution < 1.29 is 0 Å². The SMILES string of the molecule is CCN1CCCCC1c1cccnc1NCC(C)C. The molecule has 3 nitrogen and oxygen atoms in total. The predicted octanol–water partition coefficient (Wildman–Crippen LogP) is 3.70. The van der Waals surface area contributed by atoms with Gasteiger partial charge in [-0.2, -0.15) is 0 Å². The third kappa shape index (κ3) is 3.69. The van der Waals surface area contributed by atoms with Gasteiger partial charge in [-0.3, -0.25) is 4.90 Å². The van der Waals surface area contributed by atoms with E-state index in [0.717, 1.165) is 18.9 Å². The highest BCUT2D eigenvalue weighted by molar-refractivity contribution is 5.45. The van der Waals surface area contributed by atoms with Gasteiger partial charge in [-0.15, -0.1) is 0 Å². The minimum Gasteiger partial charge on any atom is -0.370 e. The molecule has 1 saturated heterocycles. The molecule has 2 rings (SSSR count). The zero-order valence-electron chi connectivity index (χ0n) is 12.5. The Bertz CT molecular complexity index is 389. The van der Waals surface area contributed by atoms with E-state index in [9.17, 15) is 0 Å². The number of nitrogens with one attached hydrogen (secondary N) is 1. The maximum Gasteiger partial charge on any atom is 0.130 e. The van der Waals surface area contributed by atoms with Crippen molar-refractivity contribution in [1.29, 1.82) is 0 Å². The number of pyridine rings is 1. The average molecular weight is 261 g/mol. The van der Waals surface area contributed by atoms with Gasteiger partial charge in [0.1, 0.15) is 5.82 Å². The fourth-order valence-electron chi connectivity index (χ4n) is 2.86. The molecule has 1 atom stereocenters. The first-order valence-electron chi connectivity index (χ1n) is 7.65. The molecule has 3 heteroatoms. The molecule has 106 valence electrons. The predicted molar refractivity (Wildman–Crippen MR) is 81.4 cm³/mol. The lowest BCUT2D eigenvalue weighted by atomic mass is 9.95. The summed E-state index contributed by atoms with van der Waals surface area (Å²) in [6.07, 6.45) is 5.82. The molecular formula is C16H27N3. The van der Waals surface area contributed by atoms with Gasteiger partial charge < -0.3 is 5.32 Å². The van der Waals surface area contributed by atoms with Crippen LogP contribution in [0, 0.1) is 5.92 Å². The van der Waals surface area contributed by atoms with E-state index in [4.69, 9.17) is 0 Å². The zero-order valence-corrected chi connectivity index (χ0v) is 12.5. The number of likely N-dealkylation sites (tertiary alicyclic amines) is 1. The number of aromatic nitrogens is 1. The monoisotopic (exact) mass is 261 g/mol. The summed E-state index contributed by atoms with van der Waals surface area (Å²) in [6.45, 7) is 10.1. The average Bonchev–Trinajstić information content (AvgIpc) is 2.45. The summed E-state index contributed by atoms with van der Waals surface area (Å²) < 4.78 is 0. The zero-order chi connectivity index (χ0) is 13.7. The van der Waals surface area contributed by atoms with Crippen LogP contribution in [0.2, 0.25) is 0 Å². The number of piperidine rings is 1. The molecule has 0 radical (unpaired) electrons. The summed E-state index contributed by atoms with van der Waals surface area (Å²) in [5.74, 6) is 1.73. The largest absolute Gasteiger partial charge is 0.370 e. The van der Waals surface area contributed by atoms with Crippen LogP contribution in [0.25, 0.3) is 0 Å². The second kappa shape index (κ2) is 6.90. The highest BCUT2D eigenvalue weighted by Gasteiger charge is 2.24. The van der Waals surface area contributed by atoms with Gasteiger partial charge in [0, 0.05) is 24.3 Å². The molecule has 0 bridgehead atoms. The second-order valence-electron chi connectivity index (χ2n) is 5.86. The molecule has 19 heavy (non-hydrogen) atoms. The van der Waals surface area contributed by atoms with Crippen LogP contribution in [0.3, 0.4) is 0 Å². The molecule has 0 aromatic carbocycles. The molecule has 1 aliphatic rings. The topological polar surface area (TPSA) is 28.2 Å². The molecule has 1 aromatic heterocycles. The standard InChI is InChI=1S/C16H27N3/c1-4-19-11-6-5-9-15(19)14-8-7-10-17-16(14)18-12-13(2)3/h7-8,10,13,15H,4-6,9,11-12H2,1-3H3,(H,17,18). The van der Waals surface area contributed by atoms with Crippen LogP contribution in [-0.2, 0) is 0 Å². The van der Waals surface area contributed by atoms with Crippen molar-refractivity contribution >= 4 is 5.82 Å². The Morgan fingerprint density at radius 1 is 1.42 bits per heavy atom. The molecular weight excluding hydrogens is 234 g/mol. The van der Waals surface area contributed by atoms with Crippen LogP contribution >= 0.6 is 0 Å². The molecule has 2 heterocycles. The Balaban J connectivity index is 2.17. The Kier molecular flexibility index (Phi) is 5.20. The smallest absolute Gasteiger partial charge is 0.130 e. The van der Waals surface area contributed by atoms with Crippen molar-refractivity contribution in [3.63, 3.8) is 0 Å². The van der Waals surface area contributed by atoms with Crippen molar-refractivity contribution in [2.75, 3.05) is 25.0 Å². The minimum atomic E-state index is 0.544. The summed E-state index contributed by atoms with van der Waals surface area (Å²) in [5, 5.41) is 3.52. The van der Waals surface area contributed by atoms with Gasteiger partial charge in [0.25, 0.3) is 0 Å². The summed E-state index contributed by atoms with van der Waals surface area (Å²) in [5.41, 5.74) is 1.38. The molecule has 1 fully saturated rings. The fourth-order valence-corrected chi connectivity index (χ4v) is 2.86. The van der Waals surface area contributed by atoms with E-state index in [1.54, 1.807) is 0 Å². The lowest BCUT2D eigenvalue weighted by molar-refractivity contribution is 0.157. The van der Waals surface area contributed by atoms with E-state index in [1.807, 2.05) is 6.20 Å². The molecule has 0 amide bonds.